The van der Waals surface area contributed by atoms with E-state index in [2.05, 4.69) is 15.6 Å². The first kappa shape index (κ1) is 20.7. The Labute approximate surface area is 167 Å². The molecule has 29 heavy (non-hydrogen) atoms. The molecule has 0 spiro atoms. The van der Waals surface area contributed by atoms with Crippen molar-refractivity contribution in [3.8, 4) is 0 Å². The third-order valence-corrected chi connectivity index (χ3v) is 4.79. The van der Waals surface area contributed by atoms with E-state index in [1.165, 1.54) is 18.3 Å². The zero-order chi connectivity index (χ0) is 20.8. The van der Waals surface area contributed by atoms with Crippen LogP contribution in [0.25, 0.3) is 0 Å². The zero-order valence-corrected chi connectivity index (χ0v) is 15.8. The van der Waals surface area contributed by atoms with Crippen LogP contribution in [0.4, 0.5) is 20.2 Å². The van der Waals surface area contributed by atoms with E-state index in [-0.39, 0.29) is 24.2 Å². The molecule has 4 N–H and O–H groups in total. The average molecular weight is 403 g/mol. The van der Waals surface area contributed by atoms with Gasteiger partial charge in [0.25, 0.3) is 18.2 Å². The second-order valence-electron chi connectivity index (χ2n) is 6.91. The van der Waals surface area contributed by atoms with Gasteiger partial charge in [-0.25, -0.2) is 8.78 Å². The number of nitrogens with zero attached hydrogens (tertiary/aromatic N) is 2. The summed E-state index contributed by atoms with van der Waals surface area (Å²) >= 11 is 0. The van der Waals surface area contributed by atoms with E-state index in [0.29, 0.717) is 42.9 Å². The Bertz CT molecular complexity index is 852. The number of carbonyl (C=O) groups is 2. The van der Waals surface area contributed by atoms with Crippen molar-refractivity contribution in [2.24, 2.45) is 0 Å². The van der Waals surface area contributed by atoms with Crippen LogP contribution in [0.15, 0.2) is 42.6 Å². The highest BCUT2D eigenvalue weighted by molar-refractivity contribution is 6.05. The zero-order valence-electron chi connectivity index (χ0n) is 15.8. The van der Waals surface area contributed by atoms with E-state index in [1.54, 1.807) is 29.2 Å². The number of amides is 2. The second kappa shape index (κ2) is 9.42. The molecule has 2 amide bonds. The van der Waals surface area contributed by atoms with E-state index >= 15 is 0 Å². The fourth-order valence-corrected chi connectivity index (χ4v) is 3.18. The van der Waals surface area contributed by atoms with Gasteiger partial charge in [0.15, 0.2) is 0 Å². The first-order valence-electron chi connectivity index (χ1n) is 9.35. The minimum atomic E-state index is -2.35. The highest BCUT2D eigenvalue weighted by atomic mass is 19.3. The molecule has 1 aromatic heterocycles. The van der Waals surface area contributed by atoms with Crippen LogP contribution >= 0.6 is 0 Å². The molecular formula is C20H23F2N5O2. The quantitative estimate of drug-likeness (QED) is 0.643. The Morgan fingerprint density at radius 3 is 2.48 bits per heavy atom. The Morgan fingerprint density at radius 1 is 1.14 bits per heavy atom. The summed E-state index contributed by atoms with van der Waals surface area (Å²) in [6, 6.07) is 9.80. The molecule has 1 aliphatic rings. The molecule has 2 aromatic rings. The fourth-order valence-electron chi connectivity index (χ4n) is 3.18. The number of hydrogen-bond donors (Lipinski definition) is 3. The lowest BCUT2D eigenvalue weighted by atomic mass is 10.0. The van der Waals surface area contributed by atoms with Crippen molar-refractivity contribution >= 4 is 23.2 Å². The first-order chi connectivity index (χ1) is 13.9. The molecule has 0 unspecified atom stereocenters. The molecule has 0 saturated carbocycles. The lowest BCUT2D eigenvalue weighted by Crippen LogP contribution is -2.45. The van der Waals surface area contributed by atoms with Crippen LogP contribution in [-0.2, 0) is 0 Å². The monoisotopic (exact) mass is 403 g/mol. The van der Waals surface area contributed by atoms with Crippen LogP contribution in [0, 0.1) is 0 Å². The Balaban J connectivity index is 1.52. The van der Waals surface area contributed by atoms with Gasteiger partial charge >= 0.3 is 0 Å². The van der Waals surface area contributed by atoms with Crippen LogP contribution in [0.1, 0.15) is 33.7 Å². The summed E-state index contributed by atoms with van der Waals surface area (Å²) in [5.41, 5.74) is 7.22. The lowest BCUT2D eigenvalue weighted by molar-refractivity contribution is 0.0696. The third-order valence-electron chi connectivity index (χ3n) is 4.79. The summed E-state index contributed by atoms with van der Waals surface area (Å²) in [7, 11) is 0. The van der Waals surface area contributed by atoms with Crippen LogP contribution < -0.4 is 16.4 Å². The number of pyridine rings is 1. The van der Waals surface area contributed by atoms with Gasteiger partial charge < -0.3 is 16.4 Å². The maximum Gasteiger partial charge on any atom is 0.274 e. The summed E-state index contributed by atoms with van der Waals surface area (Å²) in [5, 5.41) is 5.57. The molecule has 9 heteroatoms. The van der Waals surface area contributed by atoms with E-state index < -0.39 is 12.3 Å². The molecule has 1 fully saturated rings. The highest BCUT2D eigenvalue weighted by Gasteiger charge is 2.23. The van der Waals surface area contributed by atoms with Crippen molar-refractivity contribution in [1.29, 1.82) is 0 Å². The van der Waals surface area contributed by atoms with Gasteiger partial charge in [0.1, 0.15) is 5.69 Å². The van der Waals surface area contributed by atoms with Gasteiger partial charge in [0.05, 0.1) is 23.5 Å². The molecule has 7 nitrogen and oxygen atoms in total. The van der Waals surface area contributed by atoms with Gasteiger partial charge in [-0.1, -0.05) is 12.1 Å². The Hall–Kier alpha value is -3.07. The molecule has 0 atom stereocenters. The molecule has 3 rings (SSSR count). The Kier molecular flexibility index (Phi) is 6.71. The second-order valence-corrected chi connectivity index (χ2v) is 6.91. The van der Waals surface area contributed by atoms with Gasteiger partial charge in [-0.2, -0.15) is 0 Å². The standard InChI is InChI=1S/C20H23F2N5O2/c21-18(22)12-27-9-7-14(8-10-27)25-19(28)13-5-6-17(24-11-13)20(29)26-16-4-2-1-3-15(16)23/h1-6,11,14,18H,7-10,12,23H2,(H,25,28)(H,26,29). The van der Waals surface area contributed by atoms with E-state index in [0.717, 1.165) is 0 Å². The van der Waals surface area contributed by atoms with Crippen LogP contribution in [0.5, 0.6) is 0 Å². The van der Waals surface area contributed by atoms with Crippen molar-refractivity contribution in [2.45, 2.75) is 25.3 Å². The Morgan fingerprint density at radius 2 is 1.86 bits per heavy atom. The number of nitrogens with one attached hydrogen (secondary N) is 2. The van der Waals surface area contributed by atoms with Crippen molar-refractivity contribution in [3.63, 3.8) is 0 Å². The predicted molar refractivity (Wildman–Crippen MR) is 106 cm³/mol. The third kappa shape index (κ3) is 5.71. The maximum atomic E-state index is 12.4. The van der Waals surface area contributed by atoms with Gasteiger partial charge in [-0.3, -0.25) is 19.5 Å². The summed E-state index contributed by atoms with van der Waals surface area (Å²) in [6.45, 7) is 0.813. The normalized spacial score (nSPS) is 15.3. The number of anilines is 2. The number of para-hydroxylation sites is 2. The number of carbonyl (C=O) groups excluding carboxylic acids is 2. The van der Waals surface area contributed by atoms with Crippen LogP contribution in [-0.4, -0.2) is 53.8 Å². The summed E-state index contributed by atoms with van der Waals surface area (Å²) in [6.07, 6.45) is 0.224. The van der Waals surface area contributed by atoms with Crippen LogP contribution in [0.3, 0.4) is 0 Å². The molecule has 1 aromatic carbocycles. The van der Waals surface area contributed by atoms with E-state index in [1.807, 2.05) is 0 Å². The number of piperidine rings is 1. The fraction of sp³-hybridized carbons (Fsp3) is 0.350. The number of rotatable bonds is 6. The molecule has 0 aliphatic carbocycles. The van der Waals surface area contributed by atoms with Gasteiger partial charge in [-0.05, 0) is 37.1 Å². The van der Waals surface area contributed by atoms with E-state index in [4.69, 9.17) is 5.73 Å². The molecule has 154 valence electrons. The predicted octanol–water partition coefficient (Wildman–Crippen LogP) is 2.38. The summed E-state index contributed by atoms with van der Waals surface area (Å²) < 4.78 is 24.9. The number of benzene rings is 1. The smallest absolute Gasteiger partial charge is 0.274 e. The molecule has 1 saturated heterocycles. The minimum Gasteiger partial charge on any atom is -0.397 e. The van der Waals surface area contributed by atoms with Crippen molar-refractivity contribution in [3.05, 3.63) is 53.9 Å². The molecule has 2 heterocycles. The minimum absolute atomic E-state index is 0.0690. The average Bonchev–Trinajstić information content (AvgIpc) is 2.71. The maximum absolute atomic E-state index is 12.4. The number of hydrogen-bond acceptors (Lipinski definition) is 5. The van der Waals surface area contributed by atoms with Gasteiger partial charge in [0, 0.05) is 25.3 Å². The summed E-state index contributed by atoms with van der Waals surface area (Å²) in [5.74, 6) is -0.731. The molecule has 0 bridgehead atoms. The molecule has 0 radical (unpaired) electrons. The lowest BCUT2D eigenvalue weighted by Gasteiger charge is -2.32. The van der Waals surface area contributed by atoms with Crippen LogP contribution in [0.2, 0.25) is 0 Å². The number of halogens is 2. The van der Waals surface area contributed by atoms with Gasteiger partial charge in [0.2, 0.25) is 0 Å². The van der Waals surface area contributed by atoms with Crippen molar-refractivity contribution in [2.75, 3.05) is 30.7 Å². The number of nitrogen functional groups attached to an aromatic ring is 1. The molecule has 1 aliphatic heterocycles. The number of likely N-dealkylation sites (tertiary alicyclic amines) is 1. The number of aromatic nitrogens is 1. The van der Waals surface area contributed by atoms with Gasteiger partial charge in [-0.15, -0.1) is 0 Å². The van der Waals surface area contributed by atoms with Crippen molar-refractivity contribution < 1.29 is 18.4 Å². The molecular weight excluding hydrogens is 380 g/mol. The highest BCUT2D eigenvalue weighted by Crippen LogP contribution is 2.17. The van der Waals surface area contributed by atoms with Crippen molar-refractivity contribution in [1.82, 2.24) is 15.2 Å². The SMILES string of the molecule is Nc1ccccc1NC(=O)c1ccc(C(=O)NC2CCN(CC(F)F)CC2)cn1. The summed E-state index contributed by atoms with van der Waals surface area (Å²) in [4.78, 5) is 30.4. The number of nitrogens with two attached hydrogens (primary N) is 1. The van der Waals surface area contributed by atoms with E-state index in [9.17, 15) is 18.4 Å². The topological polar surface area (TPSA) is 100 Å². The first-order valence-corrected chi connectivity index (χ1v) is 9.35. The number of alkyl halides is 2. The largest absolute Gasteiger partial charge is 0.397 e.